The Balaban J connectivity index is 1.72. The van der Waals surface area contributed by atoms with Gasteiger partial charge in [0, 0.05) is 25.1 Å². The lowest BCUT2D eigenvalue weighted by molar-refractivity contribution is 0.0950. The number of carbonyl (C=O) groups excluding carboxylic acids is 1. The molecule has 0 radical (unpaired) electrons. The van der Waals surface area contributed by atoms with Crippen molar-refractivity contribution in [3.63, 3.8) is 0 Å². The Morgan fingerprint density at radius 3 is 2.86 bits per heavy atom. The first kappa shape index (κ1) is 13.2. The van der Waals surface area contributed by atoms with E-state index in [0.717, 1.165) is 17.8 Å². The highest BCUT2D eigenvalue weighted by Gasteiger charge is 2.08. The molecule has 0 saturated heterocycles. The lowest BCUT2D eigenvalue weighted by Crippen LogP contribution is -2.23. The zero-order chi connectivity index (χ0) is 14.8. The number of carbonyl (C=O) groups is 1. The van der Waals surface area contributed by atoms with E-state index in [2.05, 4.69) is 10.3 Å². The third-order valence-electron chi connectivity index (χ3n) is 3.09. The average Bonchev–Trinajstić information content (AvgIpc) is 2.95. The number of hydrogen-bond acceptors (Lipinski definition) is 2. The van der Waals surface area contributed by atoms with Crippen LogP contribution in [-0.2, 0) is 6.54 Å². The van der Waals surface area contributed by atoms with E-state index in [1.54, 1.807) is 35.1 Å². The van der Waals surface area contributed by atoms with Crippen LogP contribution in [-0.4, -0.2) is 15.3 Å². The maximum Gasteiger partial charge on any atom is 0.253 e. The molecule has 1 amide bonds. The van der Waals surface area contributed by atoms with Gasteiger partial charge in [0.2, 0.25) is 0 Å². The number of benzene rings is 1. The number of amides is 1. The van der Waals surface area contributed by atoms with Gasteiger partial charge in [-0.2, -0.15) is 0 Å². The summed E-state index contributed by atoms with van der Waals surface area (Å²) in [5.41, 5.74) is 1.70. The van der Waals surface area contributed by atoms with E-state index >= 15 is 0 Å². The molecule has 3 aromatic rings. The molecule has 2 aromatic heterocycles. The highest BCUT2D eigenvalue weighted by Crippen LogP contribution is 2.09. The van der Waals surface area contributed by atoms with Gasteiger partial charge in [0.15, 0.2) is 11.6 Å². The molecule has 0 aliphatic carbocycles. The molecule has 6 heteroatoms. The minimum atomic E-state index is -0.929. The highest BCUT2D eigenvalue weighted by molar-refractivity contribution is 5.94. The van der Waals surface area contributed by atoms with E-state index in [4.69, 9.17) is 0 Å². The normalized spacial score (nSPS) is 10.8. The Hall–Kier alpha value is -2.76. The standard InChI is InChI=1S/C15H11F2N3O/c16-12-3-1-10(7-13(12)17)8-19-15(21)11-2-4-14-18-5-6-20(14)9-11/h1-7,9H,8H2,(H,19,21). The van der Waals surface area contributed by atoms with Crippen molar-refractivity contribution >= 4 is 11.6 Å². The Morgan fingerprint density at radius 2 is 2.05 bits per heavy atom. The van der Waals surface area contributed by atoms with Crippen molar-refractivity contribution in [1.82, 2.24) is 14.7 Å². The molecule has 0 fully saturated rings. The Bertz CT molecular complexity index is 814. The fourth-order valence-electron chi connectivity index (χ4n) is 1.99. The summed E-state index contributed by atoms with van der Waals surface area (Å²) in [4.78, 5) is 16.1. The fourth-order valence-corrected chi connectivity index (χ4v) is 1.99. The molecule has 2 heterocycles. The summed E-state index contributed by atoms with van der Waals surface area (Å²) >= 11 is 0. The first-order chi connectivity index (χ1) is 10.1. The van der Waals surface area contributed by atoms with Crippen LogP contribution in [0.5, 0.6) is 0 Å². The van der Waals surface area contributed by atoms with Gasteiger partial charge in [-0.25, -0.2) is 13.8 Å². The Kier molecular flexibility index (Phi) is 3.35. The van der Waals surface area contributed by atoms with Crippen LogP contribution < -0.4 is 5.32 Å². The van der Waals surface area contributed by atoms with Crippen molar-refractivity contribution in [2.45, 2.75) is 6.54 Å². The Morgan fingerprint density at radius 1 is 1.19 bits per heavy atom. The van der Waals surface area contributed by atoms with E-state index in [1.807, 2.05) is 0 Å². The molecule has 0 atom stereocenters. The molecule has 0 aliphatic rings. The van der Waals surface area contributed by atoms with E-state index in [9.17, 15) is 13.6 Å². The fraction of sp³-hybridized carbons (Fsp3) is 0.0667. The van der Waals surface area contributed by atoms with Crippen molar-refractivity contribution in [1.29, 1.82) is 0 Å². The number of hydrogen-bond donors (Lipinski definition) is 1. The molecule has 0 saturated carbocycles. The largest absolute Gasteiger partial charge is 0.348 e. The summed E-state index contributed by atoms with van der Waals surface area (Å²) in [6.07, 6.45) is 5.03. The SMILES string of the molecule is O=C(NCc1ccc(F)c(F)c1)c1ccc2nccn2c1. The van der Waals surface area contributed by atoms with E-state index in [0.29, 0.717) is 11.1 Å². The molecule has 1 N–H and O–H groups in total. The molecular formula is C15H11F2N3O. The second kappa shape index (κ2) is 5.32. The summed E-state index contributed by atoms with van der Waals surface area (Å²) in [7, 11) is 0. The molecule has 4 nitrogen and oxygen atoms in total. The average molecular weight is 287 g/mol. The van der Waals surface area contributed by atoms with Crippen LogP contribution in [0.15, 0.2) is 48.9 Å². The van der Waals surface area contributed by atoms with Gasteiger partial charge >= 0.3 is 0 Å². The number of aromatic nitrogens is 2. The highest BCUT2D eigenvalue weighted by atomic mass is 19.2. The van der Waals surface area contributed by atoms with Crippen molar-refractivity contribution < 1.29 is 13.6 Å². The summed E-state index contributed by atoms with van der Waals surface area (Å²) < 4.78 is 27.6. The van der Waals surface area contributed by atoms with E-state index < -0.39 is 11.6 Å². The molecule has 0 unspecified atom stereocenters. The molecular weight excluding hydrogens is 276 g/mol. The van der Waals surface area contributed by atoms with Gasteiger partial charge in [0.1, 0.15) is 5.65 Å². The summed E-state index contributed by atoms with van der Waals surface area (Å²) in [5, 5.41) is 2.66. The van der Waals surface area contributed by atoms with Gasteiger partial charge in [-0.3, -0.25) is 4.79 Å². The van der Waals surface area contributed by atoms with Gasteiger partial charge < -0.3 is 9.72 Å². The zero-order valence-corrected chi connectivity index (χ0v) is 10.9. The first-order valence-electron chi connectivity index (χ1n) is 6.28. The van der Waals surface area contributed by atoms with Crippen LogP contribution in [0, 0.1) is 11.6 Å². The summed E-state index contributed by atoms with van der Waals surface area (Å²) in [6, 6.07) is 6.91. The minimum Gasteiger partial charge on any atom is -0.348 e. The number of fused-ring (bicyclic) bond motifs is 1. The lowest BCUT2D eigenvalue weighted by atomic mass is 10.2. The number of nitrogens with zero attached hydrogens (tertiary/aromatic N) is 2. The van der Waals surface area contributed by atoms with E-state index in [-0.39, 0.29) is 12.5 Å². The minimum absolute atomic E-state index is 0.123. The maximum absolute atomic E-state index is 13.1. The molecule has 1 aromatic carbocycles. The maximum atomic E-state index is 13.1. The molecule has 21 heavy (non-hydrogen) atoms. The van der Waals surface area contributed by atoms with Crippen LogP contribution in [0.1, 0.15) is 15.9 Å². The van der Waals surface area contributed by atoms with Crippen molar-refractivity contribution in [3.05, 3.63) is 71.7 Å². The smallest absolute Gasteiger partial charge is 0.253 e. The van der Waals surface area contributed by atoms with Crippen LogP contribution >= 0.6 is 0 Å². The zero-order valence-electron chi connectivity index (χ0n) is 10.9. The summed E-state index contributed by atoms with van der Waals surface area (Å²) in [6.45, 7) is 0.123. The second-order valence-corrected chi connectivity index (χ2v) is 4.54. The number of rotatable bonds is 3. The number of pyridine rings is 1. The topological polar surface area (TPSA) is 46.4 Å². The van der Waals surface area contributed by atoms with Crippen molar-refractivity contribution in [2.75, 3.05) is 0 Å². The number of nitrogens with one attached hydrogen (secondary N) is 1. The molecule has 0 aliphatic heterocycles. The molecule has 0 spiro atoms. The van der Waals surface area contributed by atoms with Crippen molar-refractivity contribution in [2.24, 2.45) is 0 Å². The quantitative estimate of drug-likeness (QED) is 0.804. The van der Waals surface area contributed by atoms with Gasteiger partial charge in [-0.05, 0) is 29.8 Å². The monoisotopic (exact) mass is 287 g/mol. The third-order valence-corrected chi connectivity index (χ3v) is 3.09. The number of halogens is 2. The predicted octanol–water partition coefficient (Wildman–Crippen LogP) is 2.54. The molecule has 106 valence electrons. The predicted molar refractivity (Wildman–Crippen MR) is 72.7 cm³/mol. The third kappa shape index (κ3) is 2.74. The summed E-state index contributed by atoms with van der Waals surface area (Å²) in [5.74, 6) is -2.13. The Labute approximate surface area is 119 Å². The van der Waals surface area contributed by atoms with Crippen LogP contribution in [0.4, 0.5) is 8.78 Å². The van der Waals surface area contributed by atoms with Gasteiger partial charge in [0.05, 0.1) is 5.56 Å². The molecule has 3 rings (SSSR count). The van der Waals surface area contributed by atoms with Gasteiger partial charge in [-0.15, -0.1) is 0 Å². The van der Waals surface area contributed by atoms with Crippen LogP contribution in [0.25, 0.3) is 5.65 Å². The van der Waals surface area contributed by atoms with Crippen LogP contribution in [0.2, 0.25) is 0 Å². The van der Waals surface area contributed by atoms with E-state index in [1.165, 1.54) is 6.07 Å². The lowest BCUT2D eigenvalue weighted by Gasteiger charge is -2.06. The van der Waals surface area contributed by atoms with Crippen LogP contribution in [0.3, 0.4) is 0 Å². The van der Waals surface area contributed by atoms with Crippen molar-refractivity contribution in [3.8, 4) is 0 Å². The van der Waals surface area contributed by atoms with Gasteiger partial charge in [0.25, 0.3) is 5.91 Å². The first-order valence-corrected chi connectivity index (χ1v) is 6.28. The number of imidazole rings is 1. The van der Waals surface area contributed by atoms with Gasteiger partial charge in [-0.1, -0.05) is 6.07 Å². The molecule has 0 bridgehead atoms. The second-order valence-electron chi connectivity index (χ2n) is 4.54.